The van der Waals surface area contributed by atoms with Crippen molar-refractivity contribution in [2.24, 2.45) is 0 Å². The quantitative estimate of drug-likeness (QED) is 0.285. The summed E-state index contributed by atoms with van der Waals surface area (Å²) in [5, 5.41) is 0. The minimum absolute atomic E-state index is 0.0628. The lowest BCUT2D eigenvalue weighted by Crippen LogP contribution is -2.46. The number of carbonyl (C=O) groups is 1. The van der Waals surface area contributed by atoms with Gasteiger partial charge >= 0.3 is 0 Å². The van der Waals surface area contributed by atoms with Gasteiger partial charge in [0.25, 0.3) is 5.91 Å². The van der Waals surface area contributed by atoms with Crippen LogP contribution in [0.15, 0.2) is 97.3 Å². The third-order valence-electron chi connectivity index (χ3n) is 6.78. The summed E-state index contributed by atoms with van der Waals surface area (Å²) in [6.07, 6.45) is 3.63. The van der Waals surface area contributed by atoms with Gasteiger partial charge in [0.1, 0.15) is 5.75 Å². The van der Waals surface area contributed by atoms with Crippen molar-refractivity contribution in [2.75, 3.05) is 38.2 Å². The lowest BCUT2D eigenvalue weighted by Gasteiger charge is -2.36. The maximum atomic E-state index is 12.5. The van der Waals surface area contributed by atoms with Crippen LogP contribution in [0.2, 0.25) is 0 Å². The molecule has 38 heavy (non-hydrogen) atoms. The summed E-state index contributed by atoms with van der Waals surface area (Å²) in [4.78, 5) is 21.8. The molecule has 7 heteroatoms. The molecule has 1 fully saturated rings. The Bertz CT molecular complexity index is 1340. The Labute approximate surface area is 228 Å². The maximum Gasteiger partial charge on any atom is 0.261 e. The topological polar surface area (TPSA) is 57.7 Å². The highest BCUT2D eigenvalue weighted by molar-refractivity contribution is 7.97. The van der Waals surface area contributed by atoms with E-state index in [1.807, 2.05) is 42.6 Å². The predicted molar refractivity (Wildman–Crippen MR) is 155 cm³/mol. The first kappa shape index (κ1) is 25.8. The Morgan fingerprint density at radius 1 is 0.921 bits per heavy atom. The molecule has 1 saturated heterocycles. The van der Waals surface area contributed by atoms with Crippen molar-refractivity contribution in [3.63, 3.8) is 0 Å². The van der Waals surface area contributed by atoms with Crippen molar-refractivity contribution < 1.29 is 9.53 Å². The van der Waals surface area contributed by atoms with Crippen LogP contribution in [0, 0.1) is 0 Å². The van der Waals surface area contributed by atoms with E-state index in [-0.39, 0.29) is 5.91 Å². The zero-order chi connectivity index (χ0) is 26.2. The van der Waals surface area contributed by atoms with Crippen molar-refractivity contribution in [1.82, 2.24) is 14.6 Å². The molecule has 2 heterocycles. The van der Waals surface area contributed by atoms with Crippen LogP contribution in [-0.4, -0.2) is 49.1 Å². The number of anilines is 1. The van der Waals surface area contributed by atoms with Crippen molar-refractivity contribution in [1.29, 1.82) is 0 Å². The fourth-order valence-corrected chi connectivity index (χ4v) is 5.34. The number of rotatable bonds is 9. The van der Waals surface area contributed by atoms with Crippen LogP contribution in [0.5, 0.6) is 5.75 Å². The smallest absolute Gasteiger partial charge is 0.261 e. The van der Waals surface area contributed by atoms with Crippen LogP contribution in [0.4, 0.5) is 5.69 Å². The first-order chi connectivity index (χ1) is 18.7. The van der Waals surface area contributed by atoms with Gasteiger partial charge in [0.15, 0.2) is 0 Å². The monoisotopic (exact) mass is 524 g/mol. The number of hydrogen-bond acceptors (Lipinski definition) is 6. The number of aromatic nitrogens is 1. The summed E-state index contributed by atoms with van der Waals surface area (Å²) >= 11 is 1.42. The van der Waals surface area contributed by atoms with Gasteiger partial charge in [-0.25, -0.2) is 0 Å². The summed E-state index contributed by atoms with van der Waals surface area (Å²) < 4.78 is 8.32. The van der Waals surface area contributed by atoms with Gasteiger partial charge in [-0.3, -0.25) is 19.4 Å². The van der Waals surface area contributed by atoms with Crippen LogP contribution in [-0.2, 0) is 12.3 Å². The number of piperazine rings is 1. The predicted octanol–water partition coefficient (Wildman–Crippen LogP) is 5.66. The summed E-state index contributed by atoms with van der Waals surface area (Å²) in [6, 6.07) is 28.6. The highest BCUT2D eigenvalue weighted by Crippen LogP contribution is 2.27. The Hall–Kier alpha value is -3.81. The van der Waals surface area contributed by atoms with E-state index in [1.54, 1.807) is 13.3 Å². The third-order valence-corrected chi connectivity index (χ3v) is 7.59. The molecule has 1 aromatic heterocycles. The van der Waals surface area contributed by atoms with Crippen molar-refractivity contribution in [3.05, 3.63) is 114 Å². The van der Waals surface area contributed by atoms with Gasteiger partial charge in [0.05, 0.1) is 13.3 Å². The molecular weight excluding hydrogens is 492 g/mol. The largest absolute Gasteiger partial charge is 0.495 e. The maximum absolute atomic E-state index is 12.5. The summed E-state index contributed by atoms with van der Waals surface area (Å²) in [5.41, 5.74) is 6.57. The summed E-state index contributed by atoms with van der Waals surface area (Å²) in [5.74, 6) is 1.45. The second-order valence-electron chi connectivity index (χ2n) is 9.29. The molecule has 6 nitrogen and oxygen atoms in total. The molecule has 3 aromatic carbocycles. The van der Waals surface area contributed by atoms with E-state index in [0.717, 1.165) is 55.5 Å². The molecule has 0 saturated carbocycles. The zero-order valence-electron chi connectivity index (χ0n) is 21.5. The number of carbonyl (C=O) groups excluding carboxylic acids is 1. The first-order valence-corrected chi connectivity index (χ1v) is 13.8. The molecule has 1 aliphatic heterocycles. The first-order valence-electron chi connectivity index (χ1n) is 12.8. The molecule has 1 N–H and O–H groups in total. The number of benzene rings is 3. The molecule has 0 radical (unpaired) electrons. The third kappa shape index (κ3) is 6.54. The molecular formula is C31H32N4O2S. The highest BCUT2D eigenvalue weighted by Gasteiger charge is 2.19. The minimum Gasteiger partial charge on any atom is -0.495 e. The number of nitrogens with one attached hydrogen (secondary N) is 1. The number of amides is 1. The standard InChI is InChI=1S/C31H32N4O2S/c1-37-29-19-27(20-32-21-29)30-10-6-5-9-26(30)22-34-15-17-35(18-16-34)28-13-11-25(12-14-28)31(36)33-38-23-24-7-3-2-4-8-24/h2-14,19-21H,15-18,22-23H2,1H3,(H,33,36). The van der Waals surface area contributed by atoms with Gasteiger partial charge in [-0.05, 0) is 59.0 Å². The SMILES string of the molecule is COc1cncc(-c2ccccc2CN2CCN(c3ccc(C(=O)NSCc4ccccc4)cc3)CC2)c1. The lowest BCUT2D eigenvalue weighted by atomic mass is 10.0. The fraction of sp³-hybridized carbons (Fsp3) is 0.226. The average molecular weight is 525 g/mol. The van der Waals surface area contributed by atoms with E-state index >= 15 is 0 Å². The second-order valence-corrected chi connectivity index (χ2v) is 10.1. The number of ether oxygens (including phenoxy) is 1. The molecule has 1 aliphatic rings. The van der Waals surface area contributed by atoms with Gasteiger partial charge < -0.3 is 9.64 Å². The van der Waals surface area contributed by atoms with E-state index in [2.05, 4.69) is 68.0 Å². The molecule has 194 valence electrons. The summed E-state index contributed by atoms with van der Waals surface area (Å²) in [7, 11) is 1.67. The van der Waals surface area contributed by atoms with Gasteiger partial charge in [0.2, 0.25) is 0 Å². The number of methoxy groups -OCH3 is 1. The van der Waals surface area contributed by atoms with Gasteiger partial charge in [-0.2, -0.15) is 0 Å². The van der Waals surface area contributed by atoms with E-state index in [0.29, 0.717) is 5.56 Å². The second kappa shape index (κ2) is 12.6. The highest BCUT2D eigenvalue weighted by atomic mass is 32.2. The van der Waals surface area contributed by atoms with Crippen molar-refractivity contribution in [2.45, 2.75) is 12.3 Å². The number of pyridine rings is 1. The molecule has 5 rings (SSSR count). The van der Waals surface area contributed by atoms with Gasteiger partial charge in [0, 0.05) is 61.5 Å². The minimum atomic E-state index is -0.0628. The molecule has 0 unspecified atom stereocenters. The van der Waals surface area contributed by atoms with Gasteiger partial charge in [-0.15, -0.1) is 0 Å². The van der Waals surface area contributed by atoms with Crippen LogP contribution < -0.4 is 14.4 Å². The molecule has 0 atom stereocenters. The normalized spacial score (nSPS) is 13.8. The van der Waals surface area contributed by atoms with Crippen molar-refractivity contribution in [3.8, 4) is 16.9 Å². The molecule has 0 bridgehead atoms. The number of nitrogens with zero attached hydrogens (tertiary/aromatic N) is 3. The van der Waals surface area contributed by atoms with Gasteiger partial charge in [-0.1, -0.05) is 54.6 Å². The Morgan fingerprint density at radius 2 is 1.66 bits per heavy atom. The molecule has 0 spiro atoms. The summed E-state index contributed by atoms with van der Waals surface area (Å²) in [6.45, 7) is 4.73. The Morgan fingerprint density at radius 3 is 2.42 bits per heavy atom. The Kier molecular flexibility index (Phi) is 8.58. The van der Waals surface area contributed by atoms with E-state index in [4.69, 9.17) is 4.74 Å². The van der Waals surface area contributed by atoms with E-state index < -0.39 is 0 Å². The van der Waals surface area contributed by atoms with Crippen molar-refractivity contribution >= 4 is 23.5 Å². The van der Waals surface area contributed by atoms with Crippen LogP contribution in [0.25, 0.3) is 11.1 Å². The lowest BCUT2D eigenvalue weighted by molar-refractivity contribution is 0.0984. The average Bonchev–Trinajstić information content (AvgIpc) is 2.98. The molecule has 4 aromatic rings. The fourth-order valence-electron chi connectivity index (χ4n) is 4.66. The Balaban J connectivity index is 1.13. The van der Waals surface area contributed by atoms with Crippen LogP contribution in [0.3, 0.4) is 0 Å². The van der Waals surface area contributed by atoms with E-state index in [9.17, 15) is 4.79 Å². The molecule has 1 amide bonds. The van der Waals surface area contributed by atoms with Crippen LogP contribution >= 0.6 is 11.9 Å². The number of hydrogen-bond donors (Lipinski definition) is 1. The zero-order valence-corrected chi connectivity index (χ0v) is 22.4. The van der Waals surface area contributed by atoms with E-state index in [1.165, 1.54) is 28.6 Å². The molecule has 0 aliphatic carbocycles. The van der Waals surface area contributed by atoms with Crippen LogP contribution in [0.1, 0.15) is 21.5 Å².